The van der Waals surface area contributed by atoms with Gasteiger partial charge in [0.05, 0.1) is 24.5 Å². The summed E-state index contributed by atoms with van der Waals surface area (Å²) in [5, 5.41) is 6.22. The van der Waals surface area contributed by atoms with Crippen LogP contribution in [0.5, 0.6) is 0 Å². The fourth-order valence-electron chi connectivity index (χ4n) is 4.89. The van der Waals surface area contributed by atoms with Crippen molar-refractivity contribution in [2.75, 3.05) is 16.8 Å². The summed E-state index contributed by atoms with van der Waals surface area (Å²) in [6.45, 7) is 2.07. The molecule has 0 aromatic heterocycles. The monoisotopic (exact) mass is 451 g/mol. The highest BCUT2D eigenvalue weighted by Crippen LogP contribution is 2.52. The van der Waals surface area contributed by atoms with Crippen molar-refractivity contribution in [2.45, 2.75) is 25.2 Å². The predicted molar refractivity (Wildman–Crippen MR) is 120 cm³/mol. The van der Waals surface area contributed by atoms with Crippen LogP contribution in [0, 0.1) is 11.8 Å². The van der Waals surface area contributed by atoms with E-state index in [1.54, 1.807) is 35.2 Å². The molecular weight excluding hydrogens is 430 g/mol. The van der Waals surface area contributed by atoms with Crippen LogP contribution in [-0.4, -0.2) is 36.0 Å². The topological polar surface area (TPSA) is 87.7 Å². The number of fused-ring (bicyclic) bond motifs is 1. The summed E-state index contributed by atoms with van der Waals surface area (Å²) in [5.74, 6) is -1.70. The maximum absolute atomic E-state index is 13.4. The first-order chi connectivity index (χ1) is 15.4. The van der Waals surface area contributed by atoms with E-state index in [9.17, 15) is 14.4 Å². The van der Waals surface area contributed by atoms with Gasteiger partial charge in [0.2, 0.25) is 17.7 Å². The highest BCUT2D eigenvalue weighted by molar-refractivity contribution is 6.31. The molecule has 0 saturated carbocycles. The fourth-order valence-corrected chi connectivity index (χ4v) is 5.09. The Morgan fingerprint density at radius 3 is 2.66 bits per heavy atom. The summed E-state index contributed by atoms with van der Waals surface area (Å²) in [4.78, 5) is 39.4. The van der Waals surface area contributed by atoms with Crippen molar-refractivity contribution in [3.05, 3.63) is 71.3 Å². The molecule has 3 aliphatic rings. The van der Waals surface area contributed by atoms with Crippen LogP contribution < -0.4 is 15.5 Å². The molecule has 2 fully saturated rings. The zero-order chi connectivity index (χ0) is 22.5. The Kier molecular flexibility index (Phi) is 5.03. The maximum Gasteiger partial charge on any atom is 0.234 e. The van der Waals surface area contributed by atoms with E-state index in [0.717, 1.165) is 5.56 Å². The number of hydrogen-bond acceptors (Lipinski definition) is 4. The van der Waals surface area contributed by atoms with Gasteiger partial charge in [-0.25, -0.2) is 0 Å². The minimum atomic E-state index is -0.801. The number of nitrogens with zero attached hydrogens (tertiary/aromatic N) is 1. The van der Waals surface area contributed by atoms with Gasteiger partial charge in [-0.05, 0) is 35.9 Å². The van der Waals surface area contributed by atoms with Gasteiger partial charge in [0.1, 0.15) is 5.60 Å². The normalized spacial score (nSPS) is 27.5. The van der Waals surface area contributed by atoms with Crippen molar-refractivity contribution in [3.63, 3.8) is 0 Å². The van der Waals surface area contributed by atoms with Crippen molar-refractivity contribution in [2.24, 2.45) is 11.8 Å². The van der Waals surface area contributed by atoms with Crippen molar-refractivity contribution in [1.82, 2.24) is 5.32 Å². The molecule has 2 N–H and O–H groups in total. The van der Waals surface area contributed by atoms with E-state index in [4.69, 9.17) is 16.3 Å². The van der Waals surface area contributed by atoms with Gasteiger partial charge in [-0.2, -0.15) is 0 Å². The van der Waals surface area contributed by atoms with Crippen LogP contribution in [0.3, 0.4) is 0 Å². The molecule has 3 aliphatic heterocycles. The number of benzene rings is 2. The quantitative estimate of drug-likeness (QED) is 0.684. The smallest absolute Gasteiger partial charge is 0.234 e. The van der Waals surface area contributed by atoms with Gasteiger partial charge in [0.25, 0.3) is 0 Å². The Hall–Kier alpha value is -3.16. The third-order valence-electron chi connectivity index (χ3n) is 6.31. The van der Waals surface area contributed by atoms with Gasteiger partial charge < -0.3 is 20.3 Å². The zero-order valence-corrected chi connectivity index (χ0v) is 18.1. The average molecular weight is 452 g/mol. The van der Waals surface area contributed by atoms with Gasteiger partial charge in [0, 0.05) is 29.9 Å². The van der Waals surface area contributed by atoms with Crippen LogP contribution in [0.15, 0.2) is 60.7 Å². The summed E-state index contributed by atoms with van der Waals surface area (Å²) < 4.78 is 6.17. The first kappa shape index (κ1) is 20.7. The Morgan fingerprint density at radius 1 is 1.19 bits per heavy atom. The first-order valence-electron chi connectivity index (χ1n) is 10.5. The summed E-state index contributed by atoms with van der Waals surface area (Å²) in [7, 11) is 0. The van der Waals surface area contributed by atoms with Crippen LogP contribution in [-0.2, 0) is 25.7 Å². The molecule has 5 rings (SSSR count). The Balaban J connectivity index is 1.34. The molecule has 32 heavy (non-hydrogen) atoms. The summed E-state index contributed by atoms with van der Waals surface area (Å²) in [5.41, 5.74) is 1.36. The van der Waals surface area contributed by atoms with Crippen molar-refractivity contribution < 1.29 is 19.1 Å². The average Bonchev–Trinajstić information content (AvgIpc) is 3.41. The SMILES string of the molecule is CC(=O)Nc1ccc(N2C[C@@]34C=C[C@@H](O3)[C@H](C(=O)NCc3ccccc3Cl)[C@H]4C2=O)cc1. The third-order valence-corrected chi connectivity index (χ3v) is 6.68. The second kappa shape index (κ2) is 7.76. The van der Waals surface area contributed by atoms with Gasteiger partial charge in [0.15, 0.2) is 0 Å². The molecule has 8 heteroatoms. The molecule has 0 aliphatic carbocycles. The standard InChI is InChI=1S/C24H22ClN3O4/c1-14(29)27-16-6-8-17(9-7-16)28-13-24-11-10-19(32-24)20(21(24)23(28)31)22(30)26-12-15-4-2-3-5-18(15)25/h2-11,19-21H,12-13H2,1H3,(H,26,30)(H,27,29)/t19-,20+,21+,24-/m1/s1. The number of ether oxygens (including phenoxy) is 1. The molecule has 2 bridgehead atoms. The third kappa shape index (κ3) is 3.38. The number of carbonyl (C=O) groups excluding carboxylic acids is 3. The van der Waals surface area contributed by atoms with Crippen molar-refractivity contribution in [3.8, 4) is 0 Å². The van der Waals surface area contributed by atoms with Gasteiger partial charge in [-0.15, -0.1) is 0 Å². The van der Waals surface area contributed by atoms with Crippen LogP contribution in [0.2, 0.25) is 5.02 Å². The molecule has 1 spiro atoms. The van der Waals surface area contributed by atoms with Gasteiger partial charge in [-0.1, -0.05) is 42.0 Å². The van der Waals surface area contributed by atoms with Gasteiger partial charge >= 0.3 is 0 Å². The Labute approximate surface area is 190 Å². The summed E-state index contributed by atoms with van der Waals surface area (Å²) >= 11 is 6.20. The lowest BCUT2D eigenvalue weighted by Gasteiger charge is -2.23. The van der Waals surface area contributed by atoms with Gasteiger partial charge in [-0.3, -0.25) is 14.4 Å². The van der Waals surface area contributed by atoms with E-state index >= 15 is 0 Å². The zero-order valence-electron chi connectivity index (χ0n) is 17.4. The van der Waals surface area contributed by atoms with E-state index in [0.29, 0.717) is 22.9 Å². The van der Waals surface area contributed by atoms with E-state index in [2.05, 4.69) is 10.6 Å². The summed E-state index contributed by atoms with van der Waals surface area (Å²) in [6, 6.07) is 14.4. The van der Waals surface area contributed by atoms with Crippen LogP contribution >= 0.6 is 11.6 Å². The number of carbonyl (C=O) groups is 3. The van der Waals surface area contributed by atoms with E-state index < -0.39 is 23.5 Å². The number of nitrogens with one attached hydrogen (secondary N) is 2. The first-order valence-corrected chi connectivity index (χ1v) is 10.8. The molecule has 0 radical (unpaired) electrons. The largest absolute Gasteiger partial charge is 0.360 e. The van der Waals surface area contributed by atoms with Crippen molar-refractivity contribution >= 4 is 40.7 Å². The lowest BCUT2D eigenvalue weighted by atomic mass is 9.77. The van der Waals surface area contributed by atoms with E-state index in [1.807, 2.05) is 30.4 Å². The highest BCUT2D eigenvalue weighted by Gasteiger charge is 2.67. The molecule has 2 aromatic carbocycles. The minimum Gasteiger partial charge on any atom is -0.360 e. The number of halogens is 1. The molecular formula is C24H22ClN3O4. The second-order valence-corrected chi connectivity index (χ2v) is 8.77. The summed E-state index contributed by atoms with van der Waals surface area (Å²) in [6.07, 6.45) is 3.39. The molecule has 164 valence electrons. The Bertz CT molecular complexity index is 1130. The molecule has 2 aromatic rings. The molecule has 4 atom stereocenters. The predicted octanol–water partition coefficient (Wildman–Crippen LogP) is 2.90. The maximum atomic E-state index is 13.4. The van der Waals surface area contributed by atoms with Crippen molar-refractivity contribution in [1.29, 1.82) is 0 Å². The van der Waals surface area contributed by atoms with Crippen LogP contribution in [0.25, 0.3) is 0 Å². The molecule has 2 saturated heterocycles. The molecule has 3 amide bonds. The van der Waals surface area contributed by atoms with Crippen LogP contribution in [0.1, 0.15) is 12.5 Å². The van der Waals surface area contributed by atoms with E-state index in [-0.39, 0.29) is 24.3 Å². The number of rotatable bonds is 5. The second-order valence-electron chi connectivity index (χ2n) is 8.36. The van der Waals surface area contributed by atoms with E-state index in [1.165, 1.54) is 6.92 Å². The minimum absolute atomic E-state index is 0.137. The Morgan fingerprint density at radius 2 is 1.94 bits per heavy atom. The molecule has 3 heterocycles. The van der Waals surface area contributed by atoms with Crippen LogP contribution in [0.4, 0.5) is 11.4 Å². The molecule has 0 unspecified atom stereocenters. The lowest BCUT2D eigenvalue weighted by Crippen LogP contribution is -2.44. The number of amides is 3. The fraction of sp³-hybridized carbons (Fsp3) is 0.292. The number of anilines is 2. The lowest BCUT2D eigenvalue weighted by molar-refractivity contribution is -0.132. The number of hydrogen-bond donors (Lipinski definition) is 2. The molecule has 7 nitrogen and oxygen atoms in total. The highest BCUT2D eigenvalue weighted by atomic mass is 35.5.